The third kappa shape index (κ3) is 31.4. The Morgan fingerprint density at radius 2 is 0.852 bits per heavy atom. The zero-order valence-corrected chi connectivity index (χ0v) is 86.3. The number of nitrogens with one attached hydrogen (secondary N) is 3. The van der Waals surface area contributed by atoms with Crippen LogP contribution in [0.5, 0.6) is 46.0 Å². The van der Waals surface area contributed by atoms with Gasteiger partial charge in [0.25, 0.3) is 0 Å². The number of aromatic amines is 2. The molecule has 8 aromatic carbocycles. The number of hydrogen-bond donors (Lipinski definition) is 7. The van der Waals surface area contributed by atoms with Crippen molar-refractivity contribution in [2.24, 2.45) is 15.9 Å². The number of likely N-dealkylation sites (tertiary alicyclic amines) is 3. The number of H-pyrrole nitrogens is 2. The third-order valence-electron chi connectivity index (χ3n) is 25.1. The lowest BCUT2D eigenvalue weighted by molar-refractivity contribution is -0.138. The number of fused-ring (bicyclic) bond motifs is 2. The summed E-state index contributed by atoms with van der Waals surface area (Å²) in [4.78, 5) is 78.3. The number of anilines is 4. The number of aromatic nitrogens is 8. The smallest absolute Gasteiger partial charge is 0.410 e. The summed E-state index contributed by atoms with van der Waals surface area (Å²) < 4.78 is 50.2. The minimum absolute atomic E-state index is 0.000751. The van der Waals surface area contributed by atoms with Gasteiger partial charge < -0.3 is 90.2 Å². The number of aliphatic carboxylic acids is 1. The Balaban J connectivity index is 0.000000145. The number of carboxylic acids is 1. The fourth-order valence-corrected chi connectivity index (χ4v) is 18.9. The molecule has 4 aromatic heterocycles. The van der Waals surface area contributed by atoms with Crippen molar-refractivity contribution in [3.63, 3.8) is 0 Å². The molecule has 1 aliphatic carbocycles. The van der Waals surface area contributed by atoms with Crippen LogP contribution in [0.3, 0.4) is 0 Å². The molecule has 10 N–H and O–H groups in total. The molecule has 4 fully saturated rings. The number of allylic oxidation sites excluding steroid dienone is 2. The van der Waals surface area contributed by atoms with E-state index in [1.165, 1.54) is 72.2 Å². The summed E-state index contributed by atoms with van der Waals surface area (Å²) in [7, 11) is -0.0226. The topological polar surface area (TPSA) is 380 Å². The number of likely N-dealkylation sites (N-methyl/N-ethyl adjacent to an activating group) is 1. The summed E-state index contributed by atoms with van der Waals surface area (Å²) in [5.41, 5.74) is 31.6. The molecule has 750 valence electrons. The summed E-state index contributed by atoms with van der Waals surface area (Å²) in [6.45, 7) is 31.2. The van der Waals surface area contributed by atoms with E-state index in [-0.39, 0.29) is 36.9 Å². The van der Waals surface area contributed by atoms with Crippen LogP contribution < -0.4 is 41.5 Å². The van der Waals surface area contributed by atoms with E-state index in [2.05, 4.69) is 123 Å². The second kappa shape index (κ2) is 48.2. The summed E-state index contributed by atoms with van der Waals surface area (Å²) >= 11 is 0. The van der Waals surface area contributed by atoms with Crippen molar-refractivity contribution in [2.45, 2.75) is 226 Å². The van der Waals surface area contributed by atoms with Gasteiger partial charge in [0.2, 0.25) is 5.91 Å². The number of carbonyl (C=O) groups excluding carboxylic acids is 3. The van der Waals surface area contributed by atoms with Gasteiger partial charge in [-0.25, -0.2) is 28.9 Å². The molecule has 1 saturated carbocycles. The molecule has 142 heavy (non-hydrogen) atoms. The van der Waals surface area contributed by atoms with Crippen molar-refractivity contribution in [1.29, 1.82) is 0 Å². The fourth-order valence-electron chi connectivity index (χ4n) is 17.4. The van der Waals surface area contributed by atoms with Crippen molar-refractivity contribution in [2.75, 3.05) is 75.5 Å². The molecule has 12 aromatic rings. The molecule has 3 amide bonds. The molecule has 0 unspecified atom stereocenters. The van der Waals surface area contributed by atoms with Crippen LogP contribution in [-0.4, -0.2) is 194 Å². The number of nitrogens with two attached hydrogens (primary N) is 3. The van der Waals surface area contributed by atoms with E-state index in [0.29, 0.717) is 72.6 Å². The molecule has 32 heteroatoms. The first-order valence-corrected chi connectivity index (χ1v) is 56.8. The predicted octanol–water partition coefficient (Wildman–Crippen LogP) is 23.7. The number of hydrogen-bond acceptors (Lipinski definition) is 22. The number of carbonyl (C=O) groups is 4. The highest BCUT2D eigenvalue weighted by Crippen LogP contribution is 2.38. The number of nitrogens with zero attached hydrogens (tertiary/aromatic N) is 11. The number of benzene rings is 8. The summed E-state index contributed by atoms with van der Waals surface area (Å²) in [6, 6.07) is 60.9. The Morgan fingerprint density at radius 1 is 0.451 bits per heavy atom. The Labute approximate surface area is 834 Å². The predicted molar refractivity (Wildman–Crippen MR) is 570 cm³/mol. The highest BCUT2D eigenvalue weighted by molar-refractivity contribution is 6.76. The third-order valence-corrected chi connectivity index (χ3v) is 28.5. The first-order valence-electron chi connectivity index (χ1n) is 49.4. The molecule has 18 rings (SSSR count). The minimum Gasteiger partial charge on any atom is -0.481 e. The van der Waals surface area contributed by atoms with Gasteiger partial charge in [-0.2, -0.15) is 10.2 Å². The molecule has 0 spiro atoms. The van der Waals surface area contributed by atoms with Crippen molar-refractivity contribution in [3.05, 3.63) is 229 Å². The summed E-state index contributed by atoms with van der Waals surface area (Å²) in [5.74, 6) is 7.76. The van der Waals surface area contributed by atoms with Crippen molar-refractivity contribution < 1.29 is 62.2 Å². The average Bonchev–Trinajstić information content (AvgIpc) is 1.67. The summed E-state index contributed by atoms with van der Waals surface area (Å²) in [5, 5.41) is 20.4. The zero-order valence-electron chi connectivity index (χ0n) is 84.3. The molecule has 0 radical (unpaired) electrons. The van der Waals surface area contributed by atoms with E-state index < -0.39 is 39.4 Å². The number of amides is 3. The Bertz CT molecular complexity index is 6360. The Kier molecular flexibility index (Phi) is 35.4. The fraction of sp³-hybridized carbons (Fsp3) is 0.400. The van der Waals surface area contributed by atoms with Gasteiger partial charge in [0.15, 0.2) is 0 Å². The minimum atomic E-state index is -1.14. The quantitative estimate of drug-likeness (QED) is 0.0121. The van der Waals surface area contributed by atoms with Crippen LogP contribution in [0.2, 0.25) is 51.4 Å². The van der Waals surface area contributed by atoms with Crippen LogP contribution in [0.4, 0.5) is 32.3 Å². The summed E-state index contributed by atoms with van der Waals surface area (Å²) in [6.07, 6.45) is 23.9. The van der Waals surface area contributed by atoms with Crippen molar-refractivity contribution >= 4 is 109 Å². The van der Waals surface area contributed by atoms with Crippen molar-refractivity contribution in [1.82, 2.24) is 54.2 Å². The lowest BCUT2D eigenvalue weighted by Gasteiger charge is -2.28. The van der Waals surface area contributed by atoms with Crippen LogP contribution in [0.25, 0.3) is 55.7 Å². The Hall–Kier alpha value is -13.7. The maximum atomic E-state index is 12.8. The SMILES string of the molecule is C1=NCC(c2ccc(Oc3ccc4nc(CC5CCCC5)[nH]c4c3)cc2)=C1.CC(C)(C)OC(=O)N1CCC[C@H]1CC(=O)Nc1ccc(Oc2ccc(-c3ccnn3COCC[Si](C)(C)C)cc2)cc1N.CC(C)(C)OC(=O)N1CCC[C@H]1CC(=O)O.CN1CCC[C@H]1Cc1nc2ccc(Oc3ccc(C4=CC=NC4)cc3)cc2[nH]1.C[Si](C)(C)CCOCn1nccc1-c1ccc(Oc2ccc(N)c(N)c2)cc1. The van der Waals surface area contributed by atoms with Gasteiger partial charge in [-0.05, 0) is 280 Å². The first kappa shape index (κ1) is 104. The molecular formula is C110H139N17O13Si2. The van der Waals surface area contributed by atoms with Gasteiger partial charge in [0, 0.05) is 140 Å². The van der Waals surface area contributed by atoms with Crippen LogP contribution in [-0.2, 0) is 54.8 Å². The highest BCUT2D eigenvalue weighted by Gasteiger charge is 2.36. The number of ether oxygens (including phenoxy) is 8. The molecule has 0 bridgehead atoms. The molecular weight excluding hydrogens is 1820 g/mol. The maximum absolute atomic E-state index is 12.8. The molecule has 6 aliphatic rings. The van der Waals surface area contributed by atoms with Crippen LogP contribution in [0.15, 0.2) is 217 Å². The molecule has 3 atom stereocenters. The standard InChI is InChI=1S/C32H45N5O5Si.C23H24N4O.C23H23N3O.C21H28N4O2Si.C11H19NO4/c1-32(2,3)42-31(39)36-17-7-8-24(36)20-30(38)35-28-14-13-26(21-27(28)33)41-25-11-9-23(10-12-25)29-15-16-34-37(29)22-40-18-19-43(4,5)6;1-27-12-2-3-18(27)13-23-25-21-9-8-20(14-22(21)26-23)28-19-6-4-16(5-7-19)17-10-11-24-15-17;1-2-4-16(3-1)13-23-25-21-10-9-20(14-22(21)26-23)27-19-7-5-17(6-8-19)18-11-12-24-15-18;1-28(2,3)13-12-26-15-25-21(10-11-24-25)16-4-6-17(7-5-16)27-18-8-9-19(22)20(23)14-18;1-11(2,3)16-10(15)12-6-4-5-8(12)7-9(13)14/h9-16,21,24H,7-8,17-20,22,33H2,1-6H3,(H,35,38);4-11,14,18H,2-3,12-13,15H2,1H3,(H,25,26);5-12,14,16H,1-4,13,15H2,(H,25,26);4-11,14H,12-13,15,22-23H2,1-3H3;8H,4-7H2,1-3H3,(H,13,14)/t24-;18-;;;8-/m00..0/s1. The molecule has 9 heterocycles. The van der Waals surface area contributed by atoms with Gasteiger partial charge in [-0.15, -0.1) is 0 Å². The van der Waals surface area contributed by atoms with Gasteiger partial charge in [0.1, 0.15) is 82.3 Å². The molecule has 30 nitrogen and oxygen atoms in total. The van der Waals surface area contributed by atoms with Gasteiger partial charge >= 0.3 is 18.2 Å². The van der Waals surface area contributed by atoms with Gasteiger partial charge in [0.05, 0.1) is 75.7 Å². The lowest BCUT2D eigenvalue weighted by atomic mass is 10.0. The highest BCUT2D eigenvalue weighted by atomic mass is 28.3. The van der Waals surface area contributed by atoms with E-state index in [1.54, 1.807) is 74.5 Å². The van der Waals surface area contributed by atoms with Crippen molar-refractivity contribution in [3.8, 4) is 68.5 Å². The van der Waals surface area contributed by atoms with E-state index >= 15 is 0 Å². The van der Waals surface area contributed by atoms with E-state index in [1.807, 2.05) is 164 Å². The zero-order chi connectivity index (χ0) is 101. The van der Waals surface area contributed by atoms with Crippen LogP contribution in [0.1, 0.15) is 141 Å². The number of imidazole rings is 2. The monoisotopic (exact) mass is 1960 g/mol. The second-order valence-electron chi connectivity index (χ2n) is 41.4. The lowest BCUT2D eigenvalue weighted by Crippen LogP contribution is -2.41. The first-order chi connectivity index (χ1) is 68.0. The Morgan fingerprint density at radius 3 is 1.26 bits per heavy atom. The van der Waals surface area contributed by atoms with E-state index in [0.717, 1.165) is 168 Å². The number of nitrogen functional groups attached to an aromatic ring is 3. The van der Waals surface area contributed by atoms with Gasteiger partial charge in [-0.3, -0.25) is 19.6 Å². The number of rotatable bonds is 31. The molecule has 3 saturated heterocycles. The normalized spacial score (nSPS) is 16.4. The largest absolute Gasteiger partial charge is 0.481 e. The van der Waals surface area contributed by atoms with Gasteiger partial charge in [-0.1, -0.05) is 89.2 Å². The number of carboxylic acid groups (broad SMARTS) is 1. The second-order valence-corrected chi connectivity index (χ2v) is 52.6. The van der Waals surface area contributed by atoms with Crippen LogP contribution >= 0.6 is 0 Å². The van der Waals surface area contributed by atoms with Crippen LogP contribution in [0, 0.1) is 5.92 Å². The maximum Gasteiger partial charge on any atom is 0.410 e. The van der Waals surface area contributed by atoms with E-state index in [4.69, 9.17) is 70.2 Å². The molecule has 5 aliphatic heterocycles. The van der Waals surface area contributed by atoms with E-state index in [9.17, 15) is 19.2 Å². The number of aliphatic imine (C=N–C) groups is 2. The average molecular weight is 1960 g/mol.